The highest BCUT2D eigenvalue weighted by molar-refractivity contribution is 5.47. The van der Waals surface area contributed by atoms with Crippen molar-refractivity contribution in [3.05, 3.63) is 65.2 Å². The van der Waals surface area contributed by atoms with Crippen LogP contribution < -0.4 is 11.1 Å². The summed E-state index contributed by atoms with van der Waals surface area (Å²) >= 11 is 0. The molecule has 0 saturated heterocycles. The van der Waals surface area contributed by atoms with Gasteiger partial charge in [0.15, 0.2) is 0 Å². The summed E-state index contributed by atoms with van der Waals surface area (Å²) in [5.74, 6) is -0.676. The lowest BCUT2D eigenvalue weighted by Crippen LogP contribution is -2.22. The molecule has 0 aliphatic heterocycles. The molecule has 0 aliphatic carbocycles. The summed E-state index contributed by atoms with van der Waals surface area (Å²) < 4.78 is 26.9. The van der Waals surface area contributed by atoms with Crippen LogP contribution in [0.25, 0.3) is 0 Å². The van der Waals surface area contributed by atoms with Gasteiger partial charge in [-0.15, -0.1) is 0 Å². The Morgan fingerprint density at radius 3 is 2.58 bits per heavy atom. The maximum Gasteiger partial charge on any atom is 0.146 e. The highest BCUT2D eigenvalue weighted by Gasteiger charge is 2.14. The average molecular weight is 262 g/mol. The Bertz CT molecular complexity index is 570. The molecule has 2 aromatic carbocycles. The van der Waals surface area contributed by atoms with Crippen LogP contribution in [0, 0.1) is 18.6 Å². The first-order chi connectivity index (χ1) is 9.11. The average Bonchev–Trinajstić information content (AvgIpc) is 2.41. The number of rotatable bonds is 4. The minimum absolute atomic E-state index is 0.249. The Morgan fingerprint density at radius 1 is 1.16 bits per heavy atom. The summed E-state index contributed by atoms with van der Waals surface area (Å²) in [6.07, 6.45) is 0. The second-order valence-electron chi connectivity index (χ2n) is 4.41. The van der Waals surface area contributed by atoms with Gasteiger partial charge < -0.3 is 11.1 Å². The summed E-state index contributed by atoms with van der Waals surface area (Å²) in [6, 6.07) is 10.5. The fourth-order valence-corrected chi connectivity index (χ4v) is 2.02. The molecule has 2 aromatic rings. The number of nitrogens with two attached hydrogens (primary N) is 1. The number of aryl methyl sites for hydroxylation is 1. The molecule has 1 unspecified atom stereocenters. The summed E-state index contributed by atoms with van der Waals surface area (Å²) in [6.45, 7) is 2.12. The van der Waals surface area contributed by atoms with Gasteiger partial charge >= 0.3 is 0 Å². The Kier molecular flexibility index (Phi) is 4.12. The lowest BCUT2D eigenvalue weighted by Gasteiger charge is -2.21. The van der Waals surface area contributed by atoms with Crippen LogP contribution in [0.3, 0.4) is 0 Å². The second-order valence-corrected chi connectivity index (χ2v) is 4.41. The number of benzene rings is 2. The Hall–Kier alpha value is -1.94. The highest BCUT2D eigenvalue weighted by atomic mass is 19.1. The van der Waals surface area contributed by atoms with E-state index in [4.69, 9.17) is 5.73 Å². The zero-order valence-electron chi connectivity index (χ0n) is 10.7. The van der Waals surface area contributed by atoms with Crippen molar-refractivity contribution in [3.8, 4) is 0 Å². The maximum atomic E-state index is 13.6. The third kappa shape index (κ3) is 3.09. The van der Waals surface area contributed by atoms with Gasteiger partial charge in [-0.1, -0.05) is 18.2 Å². The molecule has 0 amide bonds. The molecule has 0 spiro atoms. The van der Waals surface area contributed by atoms with E-state index in [1.54, 1.807) is 24.3 Å². The predicted molar refractivity (Wildman–Crippen MR) is 73.0 cm³/mol. The SMILES string of the molecule is Cc1ccc(F)cc1C(CN)Nc1ccccc1F. The molecule has 0 aliphatic rings. The maximum absolute atomic E-state index is 13.6. The van der Waals surface area contributed by atoms with Gasteiger partial charge in [0.05, 0.1) is 11.7 Å². The molecule has 0 heterocycles. The minimum atomic E-state index is -0.352. The van der Waals surface area contributed by atoms with Crippen molar-refractivity contribution in [2.24, 2.45) is 5.73 Å². The Morgan fingerprint density at radius 2 is 1.89 bits per heavy atom. The second kappa shape index (κ2) is 5.80. The van der Waals surface area contributed by atoms with Gasteiger partial charge in [-0.05, 0) is 42.3 Å². The number of halogens is 2. The predicted octanol–water partition coefficient (Wildman–Crippen LogP) is 3.39. The van der Waals surface area contributed by atoms with E-state index in [9.17, 15) is 8.78 Å². The van der Waals surface area contributed by atoms with Gasteiger partial charge in [-0.3, -0.25) is 0 Å². The van der Waals surface area contributed by atoms with E-state index in [1.807, 2.05) is 6.92 Å². The molecule has 0 aromatic heterocycles. The van der Waals surface area contributed by atoms with E-state index in [0.29, 0.717) is 5.69 Å². The lowest BCUT2D eigenvalue weighted by atomic mass is 10.0. The van der Waals surface area contributed by atoms with Crippen molar-refractivity contribution in [2.45, 2.75) is 13.0 Å². The molecule has 19 heavy (non-hydrogen) atoms. The number of hydrogen-bond donors (Lipinski definition) is 2. The van der Waals surface area contributed by atoms with E-state index in [0.717, 1.165) is 11.1 Å². The van der Waals surface area contributed by atoms with Crippen molar-refractivity contribution in [3.63, 3.8) is 0 Å². The monoisotopic (exact) mass is 262 g/mol. The Balaban J connectivity index is 2.30. The first kappa shape index (κ1) is 13.5. The zero-order valence-corrected chi connectivity index (χ0v) is 10.7. The van der Waals surface area contributed by atoms with Gasteiger partial charge in [0, 0.05) is 6.54 Å². The topological polar surface area (TPSA) is 38.0 Å². The summed E-state index contributed by atoms with van der Waals surface area (Å²) in [4.78, 5) is 0. The molecule has 2 rings (SSSR count). The molecule has 3 N–H and O–H groups in total. The minimum Gasteiger partial charge on any atom is -0.375 e. The van der Waals surface area contributed by atoms with Crippen LogP contribution in [-0.2, 0) is 0 Å². The van der Waals surface area contributed by atoms with Crippen LogP contribution in [-0.4, -0.2) is 6.54 Å². The third-order valence-corrected chi connectivity index (χ3v) is 3.06. The molecular formula is C15H16F2N2. The molecule has 0 saturated carbocycles. The van der Waals surface area contributed by atoms with Gasteiger partial charge in [0.1, 0.15) is 11.6 Å². The largest absolute Gasteiger partial charge is 0.375 e. The molecule has 0 fully saturated rings. The Labute approximate surface area is 111 Å². The first-order valence-electron chi connectivity index (χ1n) is 6.09. The molecule has 2 nitrogen and oxygen atoms in total. The molecular weight excluding hydrogens is 246 g/mol. The van der Waals surface area contributed by atoms with Crippen molar-refractivity contribution in [1.82, 2.24) is 0 Å². The van der Waals surface area contributed by atoms with Crippen molar-refractivity contribution >= 4 is 5.69 Å². The summed E-state index contributed by atoms with van der Waals surface area (Å²) in [7, 11) is 0. The van der Waals surface area contributed by atoms with E-state index >= 15 is 0 Å². The quantitative estimate of drug-likeness (QED) is 0.886. The van der Waals surface area contributed by atoms with Crippen molar-refractivity contribution in [2.75, 3.05) is 11.9 Å². The third-order valence-electron chi connectivity index (χ3n) is 3.06. The molecule has 0 bridgehead atoms. The summed E-state index contributed by atoms with van der Waals surface area (Å²) in [5.41, 5.74) is 7.74. The highest BCUT2D eigenvalue weighted by Crippen LogP contribution is 2.24. The lowest BCUT2D eigenvalue weighted by molar-refractivity contribution is 0.617. The van der Waals surface area contributed by atoms with Crippen LogP contribution >= 0.6 is 0 Å². The van der Waals surface area contributed by atoms with Gasteiger partial charge in [0.25, 0.3) is 0 Å². The van der Waals surface area contributed by atoms with Crippen LogP contribution in [0.2, 0.25) is 0 Å². The van der Waals surface area contributed by atoms with Crippen LogP contribution in [0.1, 0.15) is 17.2 Å². The normalized spacial score (nSPS) is 12.2. The van der Waals surface area contributed by atoms with Crippen LogP contribution in [0.15, 0.2) is 42.5 Å². The summed E-state index contributed by atoms with van der Waals surface area (Å²) in [5, 5.41) is 3.01. The zero-order chi connectivity index (χ0) is 13.8. The van der Waals surface area contributed by atoms with Crippen molar-refractivity contribution in [1.29, 1.82) is 0 Å². The van der Waals surface area contributed by atoms with E-state index < -0.39 is 0 Å². The number of hydrogen-bond acceptors (Lipinski definition) is 2. The smallest absolute Gasteiger partial charge is 0.146 e. The van der Waals surface area contributed by atoms with Gasteiger partial charge in [-0.2, -0.15) is 0 Å². The van der Waals surface area contributed by atoms with E-state index in [-0.39, 0.29) is 24.2 Å². The number of nitrogens with one attached hydrogen (secondary N) is 1. The van der Waals surface area contributed by atoms with E-state index in [1.165, 1.54) is 18.2 Å². The van der Waals surface area contributed by atoms with Gasteiger partial charge in [0.2, 0.25) is 0 Å². The standard InChI is InChI=1S/C15H16F2N2/c1-10-6-7-11(16)8-12(10)15(9-18)19-14-5-3-2-4-13(14)17/h2-8,15,19H,9,18H2,1H3. The van der Waals surface area contributed by atoms with Crippen molar-refractivity contribution < 1.29 is 8.78 Å². The molecule has 0 radical (unpaired) electrons. The first-order valence-corrected chi connectivity index (χ1v) is 6.09. The molecule has 4 heteroatoms. The van der Waals surface area contributed by atoms with Crippen LogP contribution in [0.5, 0.6) is 0 Å². The van der Waals surface area contributed by atoms with Gasteiger partial charge in [-0.25, -0.2) is 8.78 Å². The van der Waals surface area contributed by atoms with Crippen LogP contribution in [0.4, 0.5) is 14.5 Å². The molecule has 1 atom stereocenters. The fourth-order valence-electron chi connectivity index (χ4n) is 2.02. The fraction of sp³-hybridized carbons (Fsp3) is 0.200. The number of para-hydroxylation sites is 1. The van der Waals surface area contributed by atoms with E-state index in [2.05, 4.69) is 5.32 Å². The molecule has 100 valence electrons. The number of anilines is 1.